The second kappa shape index (κ2) is 19.2. The lowest BCUT2D eigenvalue weighted by Crippen LogP contribution is -2.66. The normalized spacial score (nSPS) is 24.8. The largest absolute Gasteiger partial charge is 0.666 e. The van der Waals surface area contributed by atoms with E-state index in [1.807, 2.05) is 55.4 Å². The van der Waals surface area contributed by atoms with Crippen molar-refractivity contribution in [2.45, 2.75) is 137 Å². The molecule has 1 fully saturated rings. The Balaban J connectivity index is 0.00000246. The van der Waals surface area contributed by atoms with E-state index in [4.69, 9.17) is 0 Å². The summed E-state index contributed by atoms with van der Waals surface area (Å²) in [5.41, 5.74) is -6.12. The van der Waals surface area contributed by atoms with Crippen molar-refractivity contribution in [2.24, 2.45) is 0 Å². The molecule has 0 saturated carbocycles. The lowest BCUT2D eigenvalue weighted by atomic mass is 9.20. The number of benzene rings is 1. The fraction of sp³-hybridized carbons (Fsp3) is 0.697. The first-order valence-electron chi connectivity index (χ1n) is 16.5. The molecule has 1 aliphatic heterocycles. The molecule has 0 radical (unpaired) electrons. The van der Waals surface area contributed by atoms with Gasteiger partial charge in [0.05, 0.1) is 30.4 Å². The molecule has 1 aromatic carbocycles. The smallest absolute Gasteiger partial charge is 0.421 e. The Morgan fingerprint density at radius 2 is 1.09 bits per heavy atom. The predicted octanol–water partition coefficient (Wildman–Crippen LogP) is 12.6. The van der Waals surface area contributed by atoms with Gasteiger partial charge in [-0.25, -0.2) is 26.3 Å². The molecule has 1 nitrogen and oxygen atoms in total. The lowest BCUT2D eigenvalue weighted by molar-refractivity contribution is -0.142. The molecule has 1 saturated heterocycles. The van der Waals surface area contributed by atoms with Crippen molar-refractivity contribution in [2.75, 3.05) is 13.2 Å². The molecule has 47 heavy (non-hydrogen) atoms. The highest BCUT2D eigenvalue weighted by atomic mass is 19.4. The fourth-order valence-corrected chi connectivity index (χ4v) is 6.90. The van der Waals surface area contributed by atoms with Gasteiger partial charge in [0, 0.05) is 12.8 Å². The monoisotopic (exact) mass is 700 g/mol. The van der Waals surface area contributed by atoms with E-state index >= 15 is 13.2 Å². The Morgan fingerprint density at radius 1 is 0.638 bits per heavy atom. The van der Waals surface area contributed by atoms with Crippen LogP contribution < -0.4 is 5.46 Å². The Bertz CT molecular complexity index is 1170. The molecule has 0 N–H and O–H groups in total. The quantitative estimate of drug-likeness (QED) is 0.167. The Hall–Kier alpha value is -2.12. The first-order valence-corrected chi connectivity index (χ1v) is 16.5. The average molecular weight is 701 g/mol. The SMILES string of the molecule is CC.CC.CC.CC.CC1=C(F)C([B-](c2ccc(F)c(C(F)(F)F)c2F)([C@H]2CCC(F)C(C(F)(F)F)=C2F)[O+]2CCCC2)CCC1F. The molecule has 0 spiro atoms. The number of hydrogen-bond donors (Lipinski definition) is 0. The van der Waals surface area contributed by atoms with Crippen molar-refractivity contribution >= 4 is 11.8 Å². The molecule has 274 valence electrons. The third-order valence-electron chi connectivity index (χ3n) is 8.54. The standard InChI is InChI=1S/C25H25BF12O.4C2H6/c1-12-16(27)7-4-13(21(12)30)26(39-10-2-3-11-39,14-5-8-17(28)19(22(14)31)24(33,34)35)15-6-9-18(29)20(23(15)32)25(36,37)38;4*1-2/h5,8,13,15-16,18H,2-4,6-7,9-11H2,1H3;4*1-2H3/t13?,15-,16?,18?,26?;;;;/m0..../s1. The van der Waals surface area contributed by atoms with E-state index in [0.717, 1.165) is 6.92 Å². The first-order chi connectivity index (χ1) is 22.0. The first kappa shape index (κ1) is 44.9. The van der Waals surface area contributed by atoms with E-state index < -0.39 is 114 Å². The van der Waals surface area contributed by atoms with Crippen LogP contribution in [0.1, 0.15) is 106 Å². The minimum Gasteiger partial charge on any atom is -0.666 e. The summed E-state index contributed by atoms with van der Waals surface area (Å²) in [6.07, 6.45) is -21.5. The highest BCUT2D eigenvalue weighted by Crippen LogP contribution is 2.58. The minimum absolute atomic E-state index is 0.162. The Labute approximate surface area is 271 Å². The van der Waals surface area contributed by atoms with Crippen LogP contribution in [0, 0.1) is 11.6 Å². The summed E-state index contributed by atoms with van der Waals surface area (Å²) in [7, 11) is 0. The van der Waals surface area contributed by atoms with Gasteiger partial charge in [0.15, 0.2) is 0 Å². The van der Waals surface area contributed by atoms with Crippen LogP contribution in [0.3, 0.4) is 0 Å². The summed E-state index contributed by atoms with van der Waals surface area (Å²) in [5.74, 6) is -11.5. The van der Waals surface area contributed by atoms with Crippen molar-refractivity contribution in [3.8, 4) is 0 Å². The maximum Gasteiger partial charge on any atom is 0.421 e. The Kier molecular flexibility index (Phi) is 18.3. The van der Waals surface area contributed by atoms with E-state index in [1.54, 1.807) is 0 Å². The molecule has 2 aliphatic carbocycles. The summed E-state index contributed by atoms with van der Waals surface area (Å²) >= 11 is 0. The highest BCUT2D eigenvalue weighted by Gasteiger charge is 2.63. The number of allylic oxidation sites excluding steroid dienone is 4. The van der Waals surface area contributed by atoms with Crippen LogP contribution in [0.25, 0.3) is 0 Å². The zero-order valence-corrected chi connectivity index (χ0v) is 28.6. The third-order valence-corrected chi connectivity index (χ3v) is 8.54. The summed E-state index contributed by atoms with van der Waals surface area (Å²) in [6.45, 7) is 16.7. The maximum atomic E-state index is 16.0. The molecule has 4 rings (SSSR count). The zero-order chi connectivity index (χ0) is 37.1. The van der Waals surface area contributed by atoms with Gasteiger partial charge in [-0.15, -0.1) is 0 Å². The van der Waals surface area contributed by atoms with E-state index in [2.05, 4.69) is 4.28 Å². The second-order valence-corrected chi connectivity index (χ2v) is 10.5. The van der Waals surface area contributed by atoms with Gasteiger partial charge >= 0.3 is 18.7 Å². The van der Waals surface area contributed by atoms with Crippen molar-refractivity contribution in [1.82, 2.24) is 0 Å². The molecular weight excluding hydrogens is 651 g/mol. The molecule has 14 heteroatoms. The molecule has 4 unspecified atom stereocenters. The predicted molar refractivity (Wildman–Crippen MR) is 166 cm³/mol. The molecule has 0 amide bonds. The van der Waals surface area contributed by atoms with Crippen LogP contribution in [0.4, 0.5) is 52.7 Å². The van der Waals surface area contributed by atoms with Crippen LogP contribution in [-0.4, -0.2) is 38.1 Å². The topological polar surface area (TPSA) is 2.70 Å². The van der Waals surface area contributed by atoms with Crippen molar-refractivity contribution in [3.05, 3.63) is 52.1 Å². The van der Waals surface area contributed by atoms with Gasteiger partial charge in [-0.3, -0.25) is 0 Å². The molecular formula is C33H49BF12O. The van der Waals surface area contributed by atoms with Crippen LogP contribution in [-0.2, 0) is 10.5 Å². The van der Waals surface area contributed by atoms with E-state index in [-0.39, 0.29) is 32.1 Å². The second-order valence-electron chi connectivity index (χ2n) is 10.5. The number of alkyl halides is 8. The van der Waals surface area contributed by atoms with Crippen LogP contribution in [0.2, 0.25) is 11.6 Å². The van der Waals surface area contributed by atoms with Crippen molar-refractivity contribution in [3.63, 3.8) is 0 Å². The van der Waals surface area contributed by atoms with Gasteiger partial charge in [0.1, 0.15) is 29.5 Å². The van der Waals surface area contributed by atoms with E-state index in [1.165, 1.54) is 0 Å². The Morgan fingerprint density at radius 3 is 1.53 bits per heavy atom. The van der Waals surface area contributed by atoms with Gasteiger partial charge in [-0.2, -0.15) is 26.3 Å². The van der Waals surface area contributed by atoms with Crippen molar-refractivity contribution < 1.29 is 57.0 Å². The van der Waals surface area contributed by atoms with Gasteiger partial charge < -0.3 is 4.28 Å². The molecule has 0 aromatic heterocycles. The summed E-state index contributed by atoms with van der Waals surface area (Å²) in [5, 5.41) is 0. The van der Waals surface area contributed by atoms with Crippen LogP contribution in [0.5, 0.6) is 0 Å². The van der Waals surface area contributed by atoms with Gasteiger partial charge in [0.25, 0.3) is 0 Å². The van der Waals surface area contributed by atoms with E-state index in [0.29, 0.717) is 6.07 Å². The van der Waals surface area contributed by atoms with E-state index in [9.17, 15) is 39.5 Å². The van der Waals surface area contributed by atoms with Gasteiger partial charge in [-0.05, 0) is 43.0 Å². The lowest BCUT2D eigenvalue weighted by Gasteiger charge is -2.56. The molecule has 0 bridgehead atoms. The number of hydrogen-bond acceptors (Lipinski definition) is 0. The highest BCUT2D eigenvalue weighted by molar-refractivity contribution is 6.90. The molecule has 3 aliphatic rings. The minimum atomic E-state index is -5.61. The van der Waals surface area contributed by atoms with Gasteiger partial charge in [-0.1, -0.05) is 79.8 Å². The third kappa shape index (κ3) is 9.12. The van der Waals surface area contributed by atoms with Crippen molar-refractivity contribution in [1.29, 1.82) is 0 Å². The van der Waals surface area contributed by atoms with Crippen LogP contribution in [0.15, 0.2) is 34.9 Å². The fourth-order valence-electron chi connectivity index (χ4n) is 6.90. The molecule has 1 heterocycles. The maximum absolute atomic E-state index is 16.0. The average Bonchev–Trinajstić information content (AvgIpc) is 3.57. The summed E-state index contributed by atoms with van der Waals surface area (Å²) in [4.78, 5) is 0. The molecule has 1 aromatic rings. The van der Waals surface area contributed by atoms with Crippen LogP contribution >= 0.6 is 0 Å². The summed E-state index contributed by atoms with van der Waals surface area (Å²) < 4.78 is 176. The molecule has 5 atom stereocenters. The van der Waals surface area contributed by atoms with Gasteiger partial charge in [0.2, 0.25) is 0 Å². The number of rotatable bonds is 4. The zero-order valence-electron chi connectivity index (χ0n) is 28.6. The number of halogens is 12. The summed E-state index contributed by atoms with van der Waals surface area (Å²) in [6, 6.07) is 0.800.